The van der Waals surface area contributed by atoms with Gasteiger partial charge in [0.05, 0.1) is 0 Å². The highest BCUT2D eigenvalue weighted by atomic mass is 16.1. The van der Waals surface area contributed by atoms with Crippen LogP contribution in [0.1, 0.15) is 17.5 Å². The molecule has 0 fully saturated rings. The Labute approximate surface area is 90.1 Å². The van der Waals surface area contributed by atoms with Crippen molar-refractivity contribution in [1.29, 1.82) is 0 Å². The summed E-state index contributed by atoms with van der Waals surface area (Å²) in [6.45, 7) is 2.08. The summed E-state index contributed by atoms with van der Waals surface area (Å²) < 4.78 is 0. The van der Waals surface area contributed by atoms with E-state index in [4.69, 9.17) is 0 Å². The fourth-order valence-electron chi connectivity index (χ4n) is 1.70. The third kappa shape index (κ3) is 2.24. The predicted octanol–water partition coefficient (Wildman–Crippen LogP) is 3.15. The Hall–Kier alpha value is -1.63. The molecule has 0 spiro atoms. The van der Waals surface area contributed by atoms with Gasteiger partial charge in [-0.15, -0.1) is 0 Å². The van der Waals surface area contributed by atoms with Gasteiger partial charge in [-0.05, 0) is 24.5 Å². The molecule has 1 unspecified atom stereocenters. The molecule has 76 valence electrons. The van der Waals surface area contributed by atoms with Crippen LogP contribution in [-0.4, -0.2) is 6.29 Å². The van der Waals surface area contributed by atoms with Crippen molar-refractivity contribution in [3.8, 4) is 0 Å². The molecule has 1 heteroatoms. The predicted molar refractivity (Wildman–Crippen MR) is 62.5 cm³/mol. The van der Waals surface area contributed by atoms with Crippen molar-refractivity contribution in [3.63, 3.8) is 0 Å². The van der Waals surface area contributed by atoms with Gasteiger partial charge >= 0.3 is 0 Å². The van der Waals surface area contributed by atoms with E-state index >= 15 is 0 Å². The average molecular weight is 198 g/mol. The molecule has 1 aliphatic rings. The Bertz CT molecular complexity index is 409. The average Bonchev–Trinajstić information content (AvgIpc) is 2.30. The fraction of sp³-hybridized carbons (Fsp3) is 0.214. The number of allylic oxidation sites excluding steroid dienone is 4. The number of hydrogen-bond acceptors (Lipinski definition) is 1. The second-order valence-corrected chi connectivity index (χ2v) is 3.92. The van der Waals surface area contributed by atoms with Crippen LogP contribution in [0.3, 0.4) is 0 Å². The zero-order valence-corrected chi connectivity index (χ0v) is 8.81. The summed E-state index contributed by atoms with van der Waals surface area (Å²) in [4.78, 5) is 10.6. The third-order valence-corrected chi connectivity index (χ3v) is 2.69. The number of aryl methyl sites for hydroxylation is 1. The van der Waals surface area contributed by atoms with Gasteiger partial charge in [0.1, 0.15) is 6.29 Å². The molecule has 0 aliphatic heterocycles. The molecule has 0 heterocycles. The molecular formula is C14H14O. The second-order valence-electron chi connectivity index (χ2n) is 3.92. The van der Waals surface area contributed by atoms with Gasteiger partial charge in [-0.2, -0.15) is 0 Å². The summed E-state index contributed by atoms with van der Waals surface area (Å²) in [7, 11) is 0. The smallest absolute Gasteiger partial charge is 0.127 e. The molecule has 0 aromatic heterocycles. The first kappa shape index (κ1) is 9.91. The third-order valence-electron chi connectivity index (χ3n) is 2.69. The lowest BCUT2D eigenvalue weighted by Crippen LogP contribution is -2.00. The molecule has 0 radical (unpaired) electrons. The first-order valence-electron chi connectivity index (χ1n) is 5.20. The minimum atomic E-state index is 0.0687. The summed E-state index contributed by atoms with van der Waals surface area (Å²) in [5.74, 6) is 0.0687. The molecule has 0 bridgehead atoms. The normalized spacial score (nSPS) is 19.8. The first-order valence-corrected chi connectivity index (χ1v) is 5.20. The fourth-order valence-corrected chi connectivity index (χ4v) is 1.70. The van der Waals surface area contributed by atoms with E-state index in [1.165, 1.54) is 16.7 Å². The van der Waals surface area contributed by atoms with Crippen LogP contribution in [0, 0.1) is 12.8 Å². The lowest BCUT2D eigenvalue weighted by molar-refractivity contribution is -0.109. The van der Waals surface area contributed by atoms with Crippen molar-refractivity contribution >= 4 is 11.9 Å². The maximum absolute atomic E-state index is 10.6. The SMILES string of the molecule is Cc1ccc(C2=CCC(C=O)C=C2)cc1. The van der Waals surface area contributed by atoms with Gasteiger partial charge in [0, 0.05) is 5.92 Å². The van der Waals surface area contributed by atoms with Crippen LogP contribution in [0.5, 0.6) is 0 Å². The molecule has 15 heavy (non-hydrogen) atoms. The van der Waals surface area contributed by atoms with Gasteiger partial charge < -0.3 is 4.79 Å². The summed E-state index contributed by atoms with van der Waals surface area (Å²) >= 11 is 0. The van der Waals surface area contributed by atoms with E-state index in [0.29, 0.717) is 0 Å². The second kappa shape index (κ2) is 4.26. The van der Waals surface area contributed by atoms with Crippen LogP contribution in [0.25, 0.3) is 5.57 Å². The van der Waals surface area contributed by atoms with Crippen molar-refractivity contribution in [2.24, 2.45) is 5.92 Å². The van der Waals surface area contributed by atoms with E-state index < -0.39 is 0 Å². The first-order chi connectivity index (χ1) is 7.29. The highest BCUT2D eigenvalue weighted by molar-refractivity contribution is 5.77. The number of benzene rings is 1. The Kier molecular flexibility index (Phi) is 2.82. The number of rotatable bonds is 2. The molecule has 0 saturated carbocycles. The van der Waals surface area contributed by atoms with Gasteiger partial charge in [0.15, 0.2) is 0 Å². The van der Waals surface area contributed by atoms with Crippen molar-refractivity contribution in [3.05, 3.63) is 53.6 Å². The largest absolute Gasteiger partial charge is 0.303 e. The van der Waals surface area contributed by atoms with Crippen LogP contribution >= 0.6 is 0 Å². The monoisotopic (exact) mass is 198 g/mol. The van der Waals surface area contributed by atoms with Gasteiger partial charge in [0.25, 0.3) is 0 Å². The van der Waals surface area contributed by atoms with E-state index in [2.05, 4.69) is 37.3 Å². The molecule has 0 N–H and O–H groups in total. The summed E-state index contributed by atoms with van der Waals surface area (Å²) in [5.41, 5.74) is 3.71. The zero-order valence-electron chi connectivity index (χ0n) is 8.81. The maximum atomic E-state index is 10.6. The molecule has 0 saturated heterocycles. The molecule has 1 aromatic carbocycles. The van der Waals surface area contributed by atoms with Crippen LogP contribution in [-0.2, 0) is 4.79 Å². The molecule has 1 aliphatic carbocycles. The van der Waals surface area contributed by atoms with Crippen molar-refractivity contribution in [2.75, 3.05) is 0 Å². The maximum Gasteiger partial charge on any atom is 0.127 e. The topological polar surface area (TPSA) is 17.1 Å². The van der Waals surface area contributed by atoms with Crippen molar-refractivity contribution in [1.82, 2.24) is 0 Å². The Morgan fingerprint density at radius 2 is 2.00 bits per heavy atom. The molecule has 2 rings (SSSR count). The Morgan fingerprint density at radius 3 is 2.53 bits per heavy atom. The van der Waals surface area contributed by atoms with Gasteiger partial charge in [-0.3, -0.25) is 0 Å². The van der Waals surface area contributed by atoms with E-state index in [-0.39, 0.29) is 5.92 Å². The minimum absolute atomic E-state index is 0.0687. The zero-order chi connectivity index (χ0) is 10.7. The van der Waals surface area contributed by atoms with E-state index in [0.717, 1.165) is 12.7 Å². The summed E-state index contributed by atoms with van der Waals surface area (Å²) in [5, 5.41) is 0. The van der Waals surface area contributed by atoms with Crippen LogP contribution in [0.4, 0.5) is 0 Å². The summed E-state index contributed by atoms with van der Waals surface area (Å²) in [6, 6.07) is 8.45. The molecule has 1 aromatic rings. The number of carbonyl (C=O) groups is 1. The number of aldehydes is 1. The van der Waals surface area contributed by atoms with Crippen LogP contribution < -0.4 is 0 Å². The molecule has 1 atom stereocenters. The van der Waals surface area contributed by atoms with Gasteiger partial charge in [-0.1, -0.05) is 48.1 Å². The minimum Gasteiger partial charge on any atom is -0.303 e. The van der Waals surface area contributed by atoms with E-state index in [1.54, 1.807) is 0 Å². The highest BCUT2D eigenvalue weighted by Crippen LogP contribution is 2.23. The number of carbonyl (C=O) groups excluding carboxylic acids is 1. The summed E-state index contributed by atoms with van der Waals surface area (Å²) in [6.07, 6.45) is 7.96. The quantitative estimate of drug-likeness (QED) is 0.667. The molecular weight excluding hydrogens is 184 g/mol. The van der Waals surface area contributed by atoms with Gasteiger partial charge in [0.2, 0.25) is 0 Å². The van der Waals surface area contributed by atoms with Crippen LogP contribution in [0.15, 0.2) is 42.5 Å². The highest BCUT2D eigenvalue weighted by Gasteiger charge is 2.07. The lowest BCUT2D eigenvalue weighted by Gasteiger charge is -2.11. The lowest BCUT2D eigenvalue weighted by atomic mass is 9.94. The Balaban J connectivity index is 2.20. The standard InChI is InChI=1S/C14H14O/c1-11-2-6-13(7-3-11)14-8-4-12(10-15)5-9-14/h2-4,6-10,12H,5H2,1H3. The Morgan fingerprint density at radius 1 is 1.27 bits per heavy atom. The van der Waals surface area contributed by atoms with E-state index in [9.17, 15) is 4.79 Å². The van der Waals surface area contributed by atoms with Crippen LogP contribution in [0.2, 0.25) is 0 Å². The molecule has 1 nitrogen and oxygen atoms in total. The van der Waals surface area contributed by atoms with Gasteiger partial charge in [-0.25, -0.2) is 0 Å². The van der Waals surface area contributed by atoms with E-state index in [1.807, 2.05) is 12.2 Å². The van der Waals surface area contributed by atoms with Crippen molar-refractivity contribution in [2.45, 2.75) is 13.3 Å². The molecule has 0 amide bonds. The number of hydrogen-bond donors (Lipinski definition) is 0. The van der Waals surface area contributed by atoms with Crippen molar-refractivity contribution < 1.29 is 4.79 Å².